The van der Waals surface area contributed by atoms with Crippen LogP contribution in [0.15, 0.2) is 84.6 Å². The molecule has 32 heavy (non-hydrogen) atoms. The van der Waals surface area contributed by atoms with E-state index >= 15 is 0 Å². The van der Waals surface area contributed by atoms with E-state index in [9.17, 15) is 22.8 Å². The van der Waals surface area contributed by atoms with Gasteiger partial charge in [0.15, 0.2) is 0 Å². The molecule has 8 heteroatoms. The van der Waals surface area contributed by atoms with Crippen LogP contribution >= 0.6 is 0 Å². The van der Waals surface area contributed by atoms with E-state index < -0.39 is 23.6 Å². The number of nitrogens with one attached hydrogen (secondary N) is 1. The smallest absolute Gasteiger partial charge is 0.416 e. The topological polar surface area (TPSA) is 58.6 Å². The molecule has 0 unspecified atom stereocenters. The molecular weight excluding hydrogens is 421 g/mol. The number of hydrogen-bond acceptors (Lipinski definition) is 4. The highest BCUT2D eigenvalue weighted by molar-refractivity contribution is 6.46. The average molecular weight is 438 g/mol. The molecule has 5 nitrogen and oxygen atoms in total. The summed E-state index contributed by atoms with van der Waals surface area (Å²) in [5.74, 6) is -0.854. The van der Waals surface area contributed by atoms with Gasteiger partial charge in [-0.25, -0.2) is 4.90 Å². The van der Waals surface area contributed by atoms with Crippen molar-refractivity contribution in [2.75, 3.05) is 17.3 Å². The third-order valence-corrected chi connectivity index (χ3v) is 4.94. The largest absolute Gasteiger partial charge is 0.497 e. The first-order valence-corrected chi connectivity index (χ1v) is 9.56. The van der Waals surface area contributed by atoms with Gasteiger partial charge in [0.25, 0.3) is 11.8 Å². The Morgan fingerprint density at radius 1 is 0.844 bits per heavy atom. The van der Waals surface area contributed by atoms with E-state index in [1.54, 1.807) is 54.6 Å². The molecule has 1 aliphatic heterocycles. The van der Waals surface area contributed by atoms with Gasteiger partial charge in [0, 0.05) is 5.69 Å². The molecular formula is C24H17F3N2O3. The molecule has 0 radical (unpaired) electrons. The summed E-state index contributed by atoms with van der Waals surface area (Å²) in [5.41, 5.74) is -0.0755. The van der Waals surface area contributed by atoms with Crippen molar-refractivity contribution in [1.29, 1.82) is 0 Å². The van der Waals surface area contributed by atoms with Gasteiger partial charge < -0.3 is 10.1 Å². The van der Waals surface area contributed by atoms with Crippen molar-refractivity contribution in [2.24, 2.45) is 0 Å². The van der Waals surface area contributed by atoms with E-state index in [4.69, 9.17) is 4.74 Å². The first kappa shape index (κ1) is 21.2. The number of imide groups is 1. The van der Waals surface area contributed by atoms with Gasteiger partial charge >= 0.3 is 6.18 Å². The summed E-state index contributed by atoms with van der Waals surface area (Å²) in [5, 5.41) is 2.96. The lowest BCUT2D eigenvalue weighted by atomic mass is 10.0. The molecule has 1 N–H and O–H groups in total. The number of hydrogen-bond donors (Lipinski definition) is 1. The van der Waals surface area contributed by atoms with E-state index in [-0.39, 0.29) is 17.0 Å². The number of benzene rings is 3. The van der Waals surface area contributed by atoms with Crippen LogP contribution in [-0.2, 0) is 15.8 Å². The standard InChI is InChI=1S/C24H17F3N2O3/c1-32-19-12-10-17(11-13-19)28-21-20(15-6-3-2-4-7-15)22(30)29(23(21)31)18-9-5-8-16(14-18)24(25,26)27/h2-14,28H,1H3. The van der Waals surface area contributed by atoms with Gasteiger partial charge in [-0.3, -0.25) is 9.59 Å². The number of halogens is 3. The van der Waals surface area contributed by atoms with Crippen LogP contribution in [0.2, 0.25) is 0 Å². The number of nitrogens with zero attached hydrogens (tertiary/aromatic N) is 1. The number of alkyl halides is 3. The first-order chi connectivity index (χ1) is 15.3. The van der Waals surface area contributed by atoms with Crippen LogP contribution in [0.5, 0.6) is 5.75 Å². The molecule has 162 valence electrons. The minimum Gasteiger partial charge on any atom is -0.497 e. The van der Waals surface area contributed by atoms with E-state index in [2.05, 4.69) is 5.32 Å². The van der Waals surface area contributed by atoms with Crippen molar-refractivity contribution in [3.05, 3.63) is 95.7 Å². The van der Waals surface area contributed by atoms with E-state index in [1.807, 2.05) is 0 Å². The molecule has 3 aromatic rings. The zero-order valence-electron chi connectivity index (χ0n) is 16.8. The Bertz CT molecular complexity index is 1200. The number of carbonyl (C=O) groups excluding carboxylic acids is 2. The highest BCUT2D eigenvalue weighted by atomic mass is 19.4. The van der Waals surface area contributed by atoms with Gasteiger partial charge in [-0.15, -0.1) is 0 Å². The average Bonchev–Trinajstić information content (AvgIpc) is 3.03. The lowest BCUT2D eigenvalue weighted by molar-refractivity contribution is -0.137. The monoisotopic (exact) mass is 438 g/mol. The number of rotatable bonds is 5. The second-order valence-electron chi connectivity index (χ2n) is 6.96. The maximum Gasteiger partial charge on any atom is 0.416 e. The van der Waals surface area contributed by atoms with Crippen LogP contribution in [0.3, 0.4) is 0 Å². The van der Waals surface area contributed by atoms with Crippen molar-refractivity contribution in [3.8, 4) is 5.75 Å². The molecule has 2 amide bonds. The molecule has 0 saturated carbocycles. The lowest BCUT2D eigenvalue weighted by Crippen LogP contribution is -2.32. The molecule has 1 heterocycles. The summed E-state index contributed by atoms with van der Waals surface area (Å²) in [6.45, 7) is 0. The fraction of sp³-hybridized carbons (Fsp3) is 0.0833. The lowest BCUT2D eigenvalue weighted by Gasteiger charge is -2.17. The van der Waals surface area contributed by atoms with Crippen LogP contribution in [0.25, 0.3) is 5.57 Å². The molecule has 0 fully saturated rings. The summed E-state index contributed by atoms with van der Waals surface area (Å²) in [6.07, 6.45) is -4.61. The van der Waals surface area contributed by atoms with E-state index in [0.29, 0.717) is 17.0 Å². The Balaban J connectivity index is 1.78. The van der Waals surface area contributed by atoms with Gasteiger partial charge in [-0.2, -0.15) is 13.2 Å². The zero-order valence-corrected chi connectivity index (χ0v) is 16.8. The highest BCUT2D eigenvalue weighted by Gasteiger charge is 2.41. The molecule has 3 aromatic carbocycles. The van der Waals surface area contributed by atoms with Crippen molar-refractivity contribution < 1.29 is 27.5 Å². The van der Waals surface area contributed by atoms with Gasteiger partial charge in [0.1, 0.15) is 11.4 Å². The number of carbonyl (C=O) groups is 2. The predicted octanol–water partition coefficient (Wildman–Crippen LogP) is 5.11. The number of anilines is 2. The van der Waals surface area contributed by atoms with Crippen molar-refractivity contribution >= 4 is 28.8 Å². The molecule has 4 rings (SSSR count). The Morgan fingerprint density at radius 2 is 1.53 bits per heavy atom. The summed E-state index contributed by atoms with van der Waals surface area (Å²) in [7, 11) is 1.52. The summed E-state index contributed by atoms with van der Waals surface area (Å²) < 4.78 is 44.7. The molecule has 0 atom stereocenters. The Kier molecular flexibility index (Phi) is 5.44. The summed E-state index contributed by atoms with van der Waals surface area (Å²) >= 11 is 0. The minimum atomic E-state index is -4.61. The summed E-state index contributed by atoms with van der Waals surface area (Å²) in [4.78, 5) is 27.3. The van der Waals surface area contributed by atoms with E-state index in [0.717, 1.165) is 23.1 Å². The molecule has 0 bridgehead atoms. The van der Waals surface area contributed by atoms with Crippen LogP contribution in [-0.4, -0.2) is 18.9 Å². The SMILES string of the molecule is COc1ccc(NC2=C(c3ccccc3)C(=O)N(c3cccc(C(F)(F)F)c3)C2=O)cc1. The van der Waals surface area contributed by atoms with Crippen LogP contribution in [0.1, 0.15) is 11.1 Å². The fourth-order valence-corrected chi connectivity index (χ4v) is 3.39. The first-order valence-electron chi connectivity index (χ1n) is 9.56. The molecule has 0 aromatic heterocycles. The quantitative estimate of drug-likeness (QED) is 0.563. The fourth-order valence-electron chi connectivity index (χ4n) is 3.39. The van der Waals surface area contributed by atoms with Crippen molar-refractivity contribution in [1.82, 2.24) is 0 Å². The van der Waals surface area contributed by atoms with Crippen LogP contribution in [0.4, 0.5) is 24.5 Å². The predicted molar refractivity (Wildman–Crippen MR) is 114 cm³/mol. The van der Waals surface area contributed by atoms with Gasteiger partial charge in [-0.1, -0.05) is 36.4 Å². The van der Waals surface area contributed by atoms with Crippen molar-refractivity contribution in [3.63, 3.8) is 0 Å². The second-order valence-corrected chi connectivity index (χ2v) is 6.96. The Morgan fingerprint density at radius 3 is 2.16 bits per heavy atom. The molecule has 0 aliphatic carbocycles. The van der Waals surface area contributed by atoms with Crippen molar-refractivity contribution in [2.45, 2.75) is 6.18 Å². The third kappa shape index (κ3) is 3.94. The Labute approximate surface area is 181 Å². The van der Waals surface area contributed by atoms with Gasteiger partial charge in [0.05, 0.1) is 23.9 Å². The number of amides is 2. The molecule has 1 aliphatic rings. The van der Waals surface area contributed by atoms with Crippen LogP contribution < -0.4 is 15.0 Å². The maximum absolute atomic E-state index is 13.3. The minimum absolute atomic E-state index is 0.0243. The van der Waals surface area contributed by atoms with Gasteiger partial charge in [-0.05, 0) is 48.0 Å². The maximum atomic E-state index is 13.3. The second kappa shape index (κ2) is 8.22. The van der Waals surface area contributed by atoms with Gasteiger partial charge in [0.2, 0.25) is 0 Å². The normalized spacial score (nSPS) is 14.2. The third-order valence-electron chi connectivity index (χ3n) is 4.94. The van der Waals surface area contributed by atoms with E-state index in [1.165, 1.54) is 13.2 Å². The summed E-state index contributed by atoms with van der Waals surface area (Å²) in [6, 6.07) is 19.3. The van der Waals surface area contributed by atoms with Crippen LogP contribution in [0, 0.1) is 0 Å². The Hall–Kier alpha value is -4.07. The number of ether oxygens (including phenoxy) is 1. The zero-order chi connectivity index (χ0) is 22.9. The molecule has 0 saturated heterocycles. The molecule has 0 spiro atoms. The highest BCUT2D eigenvalue weighted by Crippen LogP contribution is 2.36. The number of methoxy groups -OCH3 is 1.